The third-order valence-electron chi connectivity index (χ3n) is 2.81. The third kappa shape index (κ3) is 4.65. The van der Waals surface area contributed by atoms with Crippen molar-refractivity contribution in [3.8, 4) is 0 Å². The lowest BCUT2D eigenvalue weighted by atomic mass is 10.1. The van der Waals surface area contributed by atoms with Crippen molar-refractivity contribution >= 4 is 34.8 Å². The summed E-state index contributed by atoms with van der Waals surface area (Å²) in [7, 11) is 0. The first-order valence-corrected chi connectivity index (χ1v) is 7.39. The van der Waals surface area contributed by atoms with Crippen molar-refractivity contribution in [1.82, 2.24) is 10.9 Å². The number of nitrogens with one attached hydrogen (secondary N) is 2. The monoisotopic (exact) mass is 328 g/mol. The molecule has 0 heterocycles. The Hall–Kier alpha value is -0.770. The molecule has 0 spiro atoms. The van der Waals surface area contributed by atoms with Crippen molar-refractivity contribution in [1.29, 1.82) is 0 Å². The van der Waals surface area contributed by atoms with Gasteiger partial charge < -0.3 is 0 Å². The van der Waals surface area contributed by atoms with E-state index in [1.807, 2.05) is 54.6 Å². The summed E-state index contributed by atoms with van der Waals surface area (Å²) in [5.41, 5.74) is 7.89. The maximum Gasteiger partial charge on any atom is 0.206 e. The van der Waals surface area contributed by atoms with Crippen LogP contribution in [0.1, 0.15) is 11.1 Å². The molecular formula is C15H15Cl3N2. The molecule has 2 N–H and O–H groups in total. The van der Waals surface area contributed by atoms with Crippen LogP contribution in [0.25, 0.3) is 0 Å². The maximum absolute atomic E-state index is 6.24. The number of hydrogen-bond acceptors (Lipinski definition) is 2. The van der Waals surface area contributed by atoms with Gasteiger partial charge in [-0.25, -0.2) is 5.43 Å². The highest BCUT2D eigenvalue weighted by Crippen LogP contribution is 2.29. The van der Waals surface area contributed by atoms with E-state index in [1.165, 1.54) is 0 Å². The molecule has 0 aliphatic heterocycles. The van der Waals surface area contributed by atoms with Crippen molar-refractivity contribution < 1.29 is 0 Å². The fourth-order valence-electron chi connectivity index (χ4n) is 1.79. The molecule has 0 fully saturated rings. The van der Waals surface area contributed by atoms with Crippen LogP contribution in [-0.4, -0.2) is 6.54 Å². The first kappa shape index (κ1) is 15.6. The van der Waals surface area contributed by atoms with Crippen molar-refractivity contribution in [2.75, 3.05) is 6.54 Å². The Bertz CT molecular complexity index is 544. The number of rotatable bonds is 6. The number of alkyl halides is 2. The summed E-state index contributed by atoms with van der Waals surface area (Å²) < 4.78 is -1.16. The van der Waals surface area contributed by atoms with Gasteiger partial charge in [-0.15, -0.1) is 0 Å². The maximum atomic E-state index is 6.24. The highest BCUT2D eigenvalue weighted by Gasteiger charge is 2.25. The molecule has 0 aromatic heterocycles. The first-order chi connectivity index (χ1) is 9.58. The van der Waals surface area contributed by atoms with Crippen LogP contribution in [0.4, 0.5) is 0 Å². The van der Waals surface area contributed by atoms with Crippen molar-refractivity contribution in [3.05, 3.63) is 70.7 Å². The summed E-state index contributed by atoms with van der Waals surface area (Å²) in [6.45, 7) is 0.689. The van der Waals surface area contributed by atoms with E-state index in [1.54, 1.807) is 0 Å². The minimum Gasteiger partial charge on any atom is -0.255 e. The number of hydrazine groups is 1. The quantitative estimate of drug-likeness (QED) is 0.358. The van der Waals surface area contributed by atoms with Crippen LogP contribution in [0.15, 0.2) is 54.6 Å². The Labute approximate surface area is 134 Å². The van der Waals surface area contributed by atoms with Crippen LogP contribution in [0, 0.1) is 0 Å². The van der Waals surface area contributed by atoms with Gasteiger partial charge in [0.25, 0.3) is 0 Å². The van der Waals surface area contributed by atoms with Gasteiger partial charge in [0.15, 0.2) is 0 Å². The Kier molecular flexibility index (Phi) is 5.70. The first-order valence-electron chi connectivity index (χ1n) is 6.26. The summed E-state index contributed by atoms with van der Waals surface area (Å²) in [5.74, 6) is 0. The van der Waals surface area contributed by atoms with Gasteiger partial charge in [0.05, 0.1) is 0 Å². The molecule has 0 radical (unpaired) electrons. The highest BCUT2D eigenvalue weighted by atomic mass is 35.5. The van der Waals surface area contributed by atoms with Gasteiger partial charge >= 0.3 is 0 Å². The van der Waals surface area contributed by atoms with Gasteiger partial charge in [-0.2, -0.15) is 0 Å². The van der Waals surface area contributed by atoms with E-state index in [-0.39, 0.29) is 0 Å². The molecule has 2 rings (SSSR count). The van der Waals surface area contributed by atoms with E-state index < -0.39 is 4.46 Å². The van der Waals surface area contributed by atoms with Crippen LogP contribution in [0.5, 0.6) is 0 Å². The third-order valence-corrected chi connectivity index (χ3v) is 3.67. The zero-order valence-electron chi connectivity index (χ0n) is 10.7. The zero-order valence-corrected chi connectivity index (χ0v) is 13.0. The van der Waals surface area contributed by atoms with E-state index >= 15 is 0 Å². The fraction of sp³-hybridized carbons (Fsp3) is 0.200. The van der Waals surface area contributed by atoms with E-state index in [0.29, 0.717) is 6.54 Å². The molecule has 0 unspecified atom stereocenters. The Morgan fingerprint density at radius 1 is 0.950 bits per heavy atom. The smallest absolute Gasteiger partial charge is 0.206 e. The summed E-state index contributed by atoms with van der Waals surface area (Å²) in [5, 5.41) is 0.740. The number of hydrogen-bond donors (Lipinski definition) is 2. The van der Waals surface area contributed by atoms with E-state index in [9.17, 15) is 0 Å². The van der Waals surface area contributed by atoms with Gasteiger partial charge in [0.1, 0.15) is 0 Å². The molecule has 0 atom stereocenters. The molecule has 106 valence electrons. The SMILES string of the molecule is Clc1cccc(CCNNC(Cl)(Cl)c2ccccc2)c1. The van der Waals surface area contributed by atoms with Crippen LogP contribution >= 0.6 is 34.8 Å². The second kappa shape index (κ2) is 7.30. The van der Waals surface area contributed by atoms with Gasteiger partial charge in [-0.3, -0.25) is 5.43 Å². The van der Waals surface area contributed by atoms with Crippen molar-refractivity contribution in [3.63, 3.8) is 0 Å². The van der Waals surface area contributed by atoms with Gasteiger partial charge in [0.2, 0.25) is 4.46 Å². The van der Waals surface area contributed by atoms with Crippen LogP contribution in [0.2, 0.25) is 5.02 Å². The molecule has 0 bridgehead atoms. The molecule has 2 nitrogen and oxygen atoms in total. The average molecular weight is 330 g/mol. The lowest BCUT2D eigenvalue weighted by Crippen LogP contribution is -2.43. The molecule has 0 aliphatic rings. The normalized spacial score (nSPS) is 11.6. The van der Waals surface area contributed by atoms with E-state index in [2.05, 4.69) is 10.9 Å². The average Bonchev–Trinajstić information content (AvgIpc) is 2.45. The summed E-state index contributed by atoms with van der Waals surface area (Å²) in [6, 6.07) is 17.2. The van der Waals surface area contributed by atoms with Crippen LogP contribution < -0.4 is 10.9 Å². The lowest BCUT2D eigenvalue weighted by Gasteiger charge is -2.22. The van der Waals surface area contributed by atoms with Gasteiger partial charge in [-0.05, 0) is 24.1 Å². The van der Waals surface area contributed by atoms with Crippen LogP contribution in [0.3, 0.4) is 0 Å². The van der Waals surface area contributed by atoms with Gasteiger partial charge in [0, 0.05) is 17.1 Å². The molecule has 2 aromatic carbocycles. The lowest BCUT2D eigenvalue weighted by molar-refractivity contribution is 0.487. The largest absolute Gasteiger partial charge is 0.255 e. The molecule has 2 aromatic rings. The molecule has 0 aliphatic carbocycles. The van der Waals surface area contributed by atoms with E-state index in [0.717, 1.165) is 22.6 Å². The molecular weight excluding hydrogens is 315 g/mol. The molecule has 5 heteroatoms. The molecule has 20 heavy (non-hydrogen) atoms. The molecule has 0 amide bonds. The zero-order chi connectivity index (χ0) is 14.4. The predicted octanol–water partition coefficient (Wildman–Crippen LogP) is 4.26. The second-order valence-electron chi connectivity index (χ2n) is 4.37. The number of benzene rings is 2. The van der Waals surface area contributed by atoms with Gasteiger partial charge in [-0.1, -0.05) is 77.3 Å². The highest BCUT2D eigenvalue weighted by molar-refractivity contribution is 6.47. The summed E-state index contributed by atoms with van der Waals surface area (Å²) in [4.78, 5) is 0. The topological polar surface area (TPSA) is 24.1 Å². The Balaban J connectivity index is 1.81. The summed E-state index contributed by atoms with van der Waals surface area (Å²) >= 11 is 18.4. The van der Waals surface area contributed by atoms with Crippen molar-refractivity contribution in [2.24, 2.45) is 0 Å². The molecule has 0 saturated heterocycles. The predicted molar refractivity (Wildman–Crippen MR) is 86.1 cm³/mol. The Morgan fingerprint density at radius 2 is 1.70 bits per heavy atom. The van der Waals surface area contributed by atoms with E-state index in [4.69, 9.17) is 34.8 Å². The Morgan fingerprint density at radius 3 is 2.40 bits per heavy atom. The van der Waals surface area contributed by atoms with Crippen molar-refractivity contribution in [2.45, 2.75) is 10.9 Å². The summed E-state index contributed by atoms with van der Waals surface area (Å²) in [6.07, 6.45) is 0.826. The van der Waals surface area contributed by atoms with Crippen LogP contribution in [-0.2, 0) is 10.9 Å². The minimum atomic E-state index is -1.16. The second-order valence-corrected chi connectivity index (χ2v) is 6.14. The minimum absolute atomic E-state index is 0.689. The standard InChI is InChI=1S/C15H15Cl3N2/c16-14-8-4-5-12(11-14)9-10-19-20-15(17,18)13-6-2-1-3-7-13/h1-8,11,19-20H,9-10H2. The number of halogens is 3. The molecule has 0 saturated carbocycles. The fourth-order valence-corrected chi connectivity index (χ4v) is 2.39.